The molecule has 3 N–H and O–H groups in total. The largest absolute Gasteiger partial charge is 0.544 e. The first kappa shape index (κ1) is 13.3. The lowest BCUT2D eigenvalue weighted by atomic mass is 10.2. The predicted molar refractivity (Wildman–Crippen MR) is 65.6 cm³/mol. The van der Waals surface area contributed by atoms with E-state index in [2.05, 4.69) is 0 Å². The lowest BCUT2D eigenvalue weighted by Crippen LogP contribution is -2.90. The van der Waals surface area contributed by atoms with Crippen molar-refractivity contribution in [1.82, 2.24) is 0 Å². The zero-order chi connectivity index (χ0) is 13.3. The highest BCUT2D eigenvalue weighted by Crippen LogP contribution is 2.38. The molecule has 0 bridgehead atoms. The van der Waals surface area contributed by atoms with Gasteiger partial charge >= 0.3 is 0 Å². The van der Waals surface area contributed by atoms with Gasteiger partial charge in [0.2, 0.25) is 0 Å². The molecule has 0 saturated carbocycles. The molecule has 18 heavy (non-hydrogen) atoms. The van der Waals surface area contributed by atoms with Crippen molar-refractivity contribution in [3.8, 4) is 11.5 Å². The number of methoxy groups -OCH3 is 1. The van der Waals surface area contributed by atoms with E-state index in [0.717, 1.165) is 5.56 Å². The van der Waals surface area contributed by atoms with Crippen molar-refractivity contribution in [3.63, 3.8) is 0 Å². The molecule has 98 valence electrons. The molecule has 1 aliphatic heterocycles. The van der Waals surface area contributed by atoms with Crippen LogP contribution in [0.2, 0.25) is 5.02 Å². The van der Waals surface area contributed by atoms with Crippen LogP contribution in [0.4, 0.5) is 0 Å². The molecule has 1 aromatic carbocycles. The molecular formula is C11H12ClNO4S. The van der Waals surface area contributed by atoms with E-state index in [0.29, 0.717) is 5.75 Å². The normalized spacial score (nSPS) is 23.0. The van der Waals surface area contributed by atoms with E-state index in [4.69, 9.17) is 16.3 Å². The van der Waals surface area contributed by atoms with Gasteiger partial charge in [0.05, 0.1) is 17.9 Å². The molecule has 2 atom stereocenters. The number of rotatable bonds is 3. The number of ether oxygens (including phenoxy) is 1. The van der Waals surface area contributed by atoms with Crippen LogP contribution in [0.15, 0.2) is 12.1 Å². The van der Waals surface area contributed by atoms with Crippen molar-refractivity contribution in [2.45, 2.75) is 11.4 Å². The van der Waals surface area contributed by atoms with Crippen LogP contribution in [-0.4, -0.2) is 30.0 Å². The highest BCUT2D eigenvalue weighted by Gasteiger charge is 2.31. The summed E-state index contributed by atoms with van der Waals surface area (Å²) in [6.07, 6.45) is 0. The second-order valence-corrected chi connectivity index (χ2v) is 5.51. The number of carboxylic acid groups (broad SMARTS) is 1. The lowest BCUT2D eigenvalue weighted by molar-refractivity contribution is -0.690. The average Bonchev–Trinajstić information content (AvgIpc) is 2.82. The minimum Gasteiger partial charge on any atom is -0.544 e. The number of thioether (sulfide) groups is 1. The summed E-state index contributed by atoms with van der Waals surface area (Å²) >= 11 is 7.39. The number of carbonyl (C=O) groups excluding carboxylic acids is 1. The Morgan fingerprint density at radius 1 is 1.67 bits per heavy atom. The van der Waals surface area contributed by atoms with E-state index in [1.807, 2.05) is 0 Å². The van der Waals surface area contributed by atoms with E-state index in [9.17, 15) is 15.0 Å². The van der Waals surface area contributed by atoms with E-state index in [-0.39, 0.29) is 21.9 Å². The maximum Gasteiger partial charge on any atom is 0.176 e. The monoisotopic (exact) mass is 289 g/mol. The average molecular weight is 290 g/mol. The standard InChI is InChI=1S/C11H12ClNO4S/c1-17-8-3-5(2-6(12)9(8)14)10-13-7(4-18-10)11(15)16/h2-3,7,10,13-14H,4H2,1H3,(H,15,16)/t7-,10+/m1/s1. The fourth-order valence-electron chi connectivity index (χ4n) is 1.80. The van der Waals surface area contributed by atoms with Gasteiger partial charge in [0, 0.05) is 5.56 Å². The highest BCUT2D eigenvalue weighted by atomic mass is 35.5. The van der Waals surface area contributed by atoms with Gasteiger partial charge in [0.1, 0.15) is 12.0 Å². The molecule has 0 aromatic heterocycles. The summed E-state index contributed by atoms with van der Waals surface area (Å²) < 4.78 is 5.01. The minimum absolute atomic E-state index is 0.0834. The van der Waals surface area contributed by atoms with Gasteiger partial charge in [-0.15, -0.1) is 0 Å². The number of phenolic OH excluding ortho intramolecular Hbond substituents is 1. The predicted octanol–water partition coefficient (Wildman–Crippen LogP) is -0.518. The second-order valence-electron chi connectivity index (χ2n) is 3.93. The number of hydrogen-bond donors (Lipinski definition) is 2. The molecule has 0 unspecified atom stereocenters. The van der Waals surface area contributed by atoms with Gasteiger partial charge < -0.3 is 25.1 Å². The van der Waals surface area contributed by atoms with Crippen LogP contribution in [0.5, 0.6) is 11.5 Å². The van der Waals surface area contributed by atoms with Crippen molar-refractivity contribution >= 4 is 29.3 Å². The zero-order valence-corrected chi connectivity index (χ0v) is 11.1. The Kier molecular flexibility index (Phi) is 3.89. The molecular weight excluding hydrogens is 278 g/mol. The summed E-state index contributed by atoms with van der Waals surface area (Å²) in [4.78, 5) is 10.8. The molecule has 0 amide bonds. The van der Waals surface area contributed by atoms with Gasteiger partial charge in [-0.3, -0.25) is 0 Å². The molecule has 7 heteroatoms. The summed E-state index contributed by atoms with van der Waals surface area (Å²) in [5.74, 6) is -0.416. The fourth-order valence-corrected chi connectivity index (χ4v) is 3.31. The maximum atomic E-state index is 10.8. The summed E-state index contributed by atoms with van der Waals surface area (Å²) in [5, 5.41) is 22.2. The second kappa shape index (κ2) is 5.26. The number of carbonyl (C=O) groups is 1. The third-order valence-electron chi connectivity index (χ3n) is 2.76. The third-order valence-corrected chi connectivity index (χ3v) is 4.39. The van der Waals surface area contributed by atoms with Crippen molar-refractivity contribution in [1.29, 1.82) is 0 Å². The van der Waals surface area contributed by atoms with E-state index < -0.39 is 12.0 Å². The van der Waals surface area contributed by atoms with Crippen LogP contribution < -0.4 is 15.2 Å². The Morgan fingerprint density at radius 3 is 2.94 bits per heavy atom. The molecule has 5 nitrogen and oxygen atoms in total. The Bertz CT molecular complexity index is 482. The van der Waals surface area contributed by atoms with Crippen molar-refractivity contribution in [2.24, 2.45) is 0 Å². The molecule has 1 aliphatic rings. The Balaban J connectivity index is 2.25. The van der Waals surface area contributed by atoms with Gasteiger partial charge in [0.15, 0.2) is 16.9 Å². The quantitative estimate of drug-likeness (QED) is 0.782. The van der Waals surface area contributed by atoms with Gasteiger partial charge in [-0.25, -0.2) is 0 Å². The molecule has 0 aliphatic carbocycles. The first-order valence-electron chi connectivity index (χ1n) is 5.26. The maximum absolute atomic E-state index is 10.8. The molecule has 1 fully saturated rings. The smallest absolute Gasteiger partial charge is 0.176 e. The molecule has 0 radical (unpaired) electrons. The summed E-state index contributed by atoms with van der Waals surface area (Å²) in [6.45, 7) is 0. The first-order chi connectivity index (χ1) is 8.52. The van der Waals surface area contributed by atoms with Crippen molar-refractivity contribution in [3.05, 3.63) is 22.7 Å². The van der Waals surface area contributed by atoms with E-state index in [1.165, 1.54) is 18.9 Å². The van der Waals surface area contributed by atoms with Crippen LogP contribution in [0.1, 0.15) is 10.9 Å². The minimum atomic E-state index is -1.07. The third kappa shape index (κ3) is 2.50. The van der Waals surface area contributed by atoms with E-state index in [1.54, 1.807) is 17.4 Å². The topological polar surface area (TPSA) is 86.2 Å². The molecule has 1 saturated heterocycles. The molecule has 0 spiro atoms. The summed E-state index contributed by atoms with van der Waals surface area (Å²) in [7, 11) is 1.44. The number of nitrogens with two attached hydrogens (primary N) is 1. The number of quaternary nitrogens is 1. The van der Waals surface area contributed by atoms with E-state index >= 15 is 0 Å². The van der Waals surface area contributed by atoms with Crippen LogP contribution in [0.3, 0.4) is 0 Å². The zero-order valence-electron chi connectivity index (χ0n) is 9.55. The van der Waals surface area contributed by atoms with Crippen LogP contribution in [0.25, 0.3) is 0 Å². The van der Waals surface area contributed by atoms with Gasteiger partial charge in [0.25, 0.3) is 0 Å². The van der Waals surface area contributed by atoms with Crippen molar-refractivity contribution < 1.29 is 25.1 Å². The van der Waals surface area contributed by atoms with Crippen LogP contribution in [0, 0.1) is 0 Å². The van der Waals surface area contributed by atoms with Crippen LogP contribution in [-0.2, 0) is 4.79 Å². The lowest BCUT2D eigenvalue weighted by Gasteiger charge is -2.13. The first-order valence-corrected chi connectivity index (χ1v) is 6.69. The van der Waals surface area contributed by atoms with Crippen molar-refractivity contribution in [2.75, 3.05) is 12.9 Å². The number of phenols is 1. The number of halogens is 1. The molecule has 1 heterocycles. The Labute approximate surface area is 113 Å². The molecule has 1 aromatic rings. The summed E-state index contributed by atoms with van der Waals surface area (Å²) in [5.41, 5.74) is 0.809. The molecule has 2 rings (SSSR count). The number of aliphatic carboxylic acids is 1. The Morgan fingerprint density at radius 2 is 2.39 bits per heavy atom. The fraction of sp³-hybridized carbons (Fsp3) is 0.364. The van der Waals surface area contributed by atoms with Crippen LogP contribution >= 0.6 is 23.4 Å². The number of aromatic hydroxyl groups is 1. The van der Waals surface area contributed by atoms with Gasteiger partial charge in [-0.05, 0) is 12.1 Å². The number of carboxylic acids is 1. The highest BCUT2D eigenvalue weighted by molar-refractivity contribution is 7.99. The Hall–Kier alpha value is -1.11. The number of benzene rings is 1. The van der Waals surface area contributed by atoms with Gasteiger partial charge in [-0.1, -0.05) is 23.4 Å². The SMILES string of the molecule is COc1cc([C@H]2[NH2+][C@@H](C(=O)[O-])CS2)cc(Cl)c1O. The number of hydrogen-bond acceptors (Lipinski definition) is 5. The van der Waals surface area contributed by atoms with Gasteiger partial charge in [-0.2, -0.15) is 0 Å². The summed E-state index contributed by atoms with van der Waals surface area (Å²) in [6, 6.07) is 2.72.